The van der Waals surface area contributed by atoms with Crippen LogP contribution in [0.15, 0.2) is 36.9 Å². The summed E-state index contributed by atoms with van der Waals surface area (Å²) in [7, 11) is 1.64. The van der Waals surface area contributed by atoms with Gasteiger partial charge in [-0.15, -0.1) is 0 Å². The Morgan fingerprint density at radius 1 is 1.19 bits per heavy atom. The molecule has 1 aliphatic carbocycles. The standard InChI is InChI=1S/C22H24N6O3/c1-29-20-18-16(14-2-3-17-23-8-9-28(17)13-14)12-24-19(18)26-21(27-20)25-15-4-6-22(7-5-15)30-10-11-31-22/h2-3,8-9,12-13,15H,4-7,10-11H2,1H3,(H2,24,25,26,27). The summed E-state index contributed by atoms with van der Waals surface area (Å²) in [4.78, 5) is 17.0. The smallest absolute Gasteiger partial charge is 0.228 e. The number of aromatic amines is 1. The van der Waals surface area contributed by atoms with Gasteiger partial charge in [-0.2, -0.15) is 9.97 Å². The topological polar surface area (TPSA) is 98.6 Å². The number of rotatable bonds is 4. The number of nitrogens with one attached hydrogen (secondary N) is 2. The fraction of sp³-hybridized carbons (Fsp3) is 0.409. The molecule has 2 aliphatic rings. The first-order valence-corrected chi connectivity index (χ1v) is 10.6. The van der Waals surface area contributed by atoms with Crippen molar-refractivity contribution >= 4 is 22.6 Å². The lowest BCUT2D eigenvalue weighted by atomic mass is 9.90. The number of nitrogens with zero attached hydrogens (tertiary/aromatic N) is 4. The molecule has 1 aliphatic heterocycles. The Bertz CT molecular complexity index is 1230. The number of aromatic nitrogens is 5. The SMILES string of the molecule is COc1nc(NC2CCC3(CC2)OCCO3)nc2[nH]cc(-c3ccc4nccn4c3)c12. The van der Waals surface area contributed by atoms with Crippen molar-refractivity contribution in [3.63, 3.8) is 0 Å². The summed E-state index contributed by atoms with van der Waals surface area (Å²) < 4.78 is 19.3. The third-order valence-corrected chi connectivity index (χ3v) is 6.29. The number of pyridine rings is 1. The van der Waals surface area contributed by atoms with Gasteiger partial charge in [0.15, 0.2) is 5.79 Å². The molecular formula is C22H24N6O3. The molecule has 1 spiro atoms. The molecule has 9 heteroatoms. The van der Waals surface area contributed by atoms with E-state index >= 15 is 0 Å². The molecule has 6 rings (SSSR count). The van der Waals surface area contributed by atoms with Crippen LogP contribution in [0.2, 0.25) is 0 Å². The molecule has 4 aromatic rings. The molecule has 1 saturated carbocycles. The van der Waals surface area contributed by atoms with E-state index in [0.717, 1.165) is 53.5 Å². The number of fused-ring (bicyclic) bond motifs is 2. The normalized spacial score (nSPS) is 18.9. The number of hydrogen-bond donors (Lipinski definition) is 2. The summed E-state index contributed by atoms with van der Waals surface area (Å²) in [6.07, 6.45) is 11.4. The van der Waals surface area contributed by atoms with Crippen LogP contribution in [-0.4, -0.2) is 56.5 Å². The van der Waals surface area contributed by atoms with E-state index in [1.165, 1.54) is 0 Å². The van der Waals surface area contributed by atoms with Crippen molar-refractivity contribution in [1.29, 1.82) is 0 Å². The first-order chi connectivity index (χ1) is 15.2. The van der Waals surface area contributed by atoms with Crippen LogP contribution in [0.1, 0.15) is 25.7 Å². The van der Waals surface area contributed by atoms with E-state index in [1.807, 2.05) is 35.1 Å². The number of ether oxygens (including phenoxy) is 3. The van der Waals surface area contributed by atoms with Gasteiger partial charge in [0.05, 0.1) is 25.7 Å². The van der Waals surface area contributed by atoms with Crippen molar-refractivity contribution < 1.29 is 14.2 Å². The number of H-pyrrole nitrogens is 1. The molecule has 1 saturated heterocycles. The van der Waals surface area contributed by atoms with Gasteiger partial charge >= 0.3 is 0 Å². The second-order valence-electron chi connectivity index (χ2n) is 8.12. The molecule has 160 valence electrons. The summed E-state index contributed by atoms with van der Waals surface area (Å²) in [6, 6.07) is 4.31. The van der Waals surface area contributed by atoms with Gasteiger partial charge in [-0.05, 0) is 25.0 Å². The maximum absolute atomic E-state index is 5.83. The van der Waals surface area contributed by atoms with Crippen molar-refractivity contribution in [1.82, 2.24) is 24.3 Å². The van der Waals surface area contributed by atoms with E-state index in [0.29, 0.717) is 25.0 Å². The van der Waals surface area contributed by atoms with E-state index < -0.39 is 0 Å². The highest BCUT2D eigenvalue weighted by molar-refractivity contribution is 5.97. The van der Waals surface area contributed by atoms with Gasteiger partial charge in [-0.1, -0.05) is 0 Å². The Morgan fingerprint density at radius 3 is 2.84 bits per heavy atom. The van der Waals surface area contributed by atoms with E-state index in [4.69, 9.17) is 19.2 Å². The quantitative estimate of drug-likeness (QED) is 0.522. The minimum atomic E-state index is -0.370. The average Bonchev–Trinajstić information content (AvgIpc) is 3.54. The van der Waals surface area contributed by atoms with Crippen LogP contribution in [0.4, 0.5) is 5.95 Å². The number of anilines is 1. The minimum absolute atomic E-state index is 0.277. The number of imidazole rings is 1. The summed E-state index contributed by atoms with van der Waals surface area (Å²) in [6.45, 7) is 1.38. The minimum Gasteiger partial charge on any atom is -0.480 e. The molecular weight excluding hydrogens is 396 g/mol. The summed E-state index contributed by atoms with van der Waals surface area (Å²) >= 11 is 0. The molecule has 5 heterocycles. The van der Waals surface area contributed by atoms with Gasteiger partial charge in [-0.25, -0.2) is 4.98 Å². The monoisotopic (exact) mass is 420 g/mol. The van der Waals surface area contributed by atoms with Gasteiger partial charge in [0, 0.05) is 54.8 Å². The molecule has 0 aromatic carbocycles. The van der Waals surface area contributed by atoms with Crippen LogP contribution < -0.4 is 10.1 Å². The zero-order valence-electron chi connectivity index (χ0n) is 17.3. The van der Waals surface area contributed by atoms with Crippen LogP contribution in [0, 0.1) is 0 Å². The first-order valence-electron chi connectivity index (χ1n) is 10.6. The van der Waals surface area contributed by atoms with Crippen molar-refractivity contribution in [3.05, 3.63) is 36.9 Å². The Kier molecular flexibility index (Phi) is 4.32. The summed E-state index contributed by atoms with van der Waals surface area (Å²) in [5.74, 6) is 0.743. The molecule has 2 N–H and O–H groups in total. The lowest BCUT2D eigenvalue weighted by Crippen LogP contribution is -2.39. The predicted octanol–water partition coefficient (Wildman–Crippen LogP) is 3.38. The average molecular weight is 420 g/mol. The molecule has 0 unspecified atom stereocenters. The fourth-order valence-electron chi connectivity index (χ4n) is 4.69. The van der Waals surface area contributed by atoms with Crippen molar-refractivity contribution in [2.75, 3.05) is 25.6 Å². The number of methoxy groups -OCH3 is 1. The van der Waals surface area contributed by atoms with Gasteiger partial charge < -0.3 is 28.9 Å². The third kappa shape index (κ3) is 3.21. The van der Waals surface area contributed by atoms with Gasteiger partial charge in [0.1, 0.15) is 11.3 Å². The lowest BCUT2D eigenvalue weighted by Gasteiger charge is -2.35. The van der Waals surface area contributed by atoms with Crippen molar-refractivity contribution in [3.8, 4) is 17.0 Å². The largest absolute Gasteiger partial charge is 0.480 e. The van der Waals surface area contributed by atoms with E-state index in [9.17, 15) is 0 Å². The second kappa shape index (κ2) is 7.21. The molecule has 31 heavy (non-hydrogen) atoms. The highest BCUT2D eigenvalue weighted by Gasteiger charge is 2.40. The number of hydrogen-bond acceptors (Lipinski definition) is 7. The fourth-order valence-corrected chi connectivity index (χ4v) is 4.69. The molecule has 0 radical (unpaired) electrons. The summed E-state index contributed by atoms with van der Waals surface area (Å²) in [5.41, 5.74) is 3.67. The van der Waals surface area contributed by atoms with Crippen LogP contribution in [0.5, 0.6) is 5.88 Å². The maximum Gasteiger partial charge on any atom is 0.228 e. The molecule has 9 nitrogen and oxygen atoms in total. The zero-order valence-corrected chi connectivity index (χ0v) is 17.3. The Morgan fingerprint density at radius 2 is 2.03 bits per heavy atom. The molecule has 2 fully saturated rings. The van der Waals surface area contributed by atoms with Gasteiger partial charge in [0.25, 0.3) is 0 Å². The van der Waals surface area contributed by atoms with Crippen molar-refractivity contribution in [2.45, 2.75) is 37.5 Å². The Balaban J connectivity index is 1.29. The first kappa shape index (κ1) is 18.6. The van der Waals surface area contributed by atoms with Crippen LogP contribution in [0.25, 0.3) is 27.8 Å². The van der Waals surface area contributed by atoms with Crippen LogP contribution >= 0.6 is 0 Å². The van der Waals surface area contributed by atoms with Gasteiger partial charge in [-0.3, -0.25) is 0 Å². The third-order valence-electron chi connectivity index (χ3n) is 6.29. The highest BCUT2D eigenvalue weighted by Crippen LogP contribution is 2.38. The van der Waals surface area contributed by atoms with Crippen LogP contribution in [-0.2, 0) is 9.47 Å². The highest BCUT2D eigenvalue weighted by atomic mass is 16.7. The van der Waals surface area contributed by atoms with E-state index in [2.05, 4.69) is 20.3 Å². The maximum atomic E-state index is 5.83. The van der Waals surface area contributed by atoms with E-state index in [1.54, 1.807) is 13.3 Å². The Hall–Kier alpha value is -3.17. The van der Waals surface area contributed by atoms with Crippen molar-refractivity contribution in [2.24, 2.45) is 0 Å². The summed E-state index contributed by atoms with van der Waals surface area (Å²) in [5, 5.41) is 4.34. The van der Waals surface area contributed by atoms with Crippen LogP contribution in [0.3, 0.4) is 0 Å². The van der Waals surface area contributed by atoms with Gasteiger partial charge in [0.2, 0.25) is 11.8 Å². The second-order valence-corrected chi connectivity index (χ2v) is 8.12. The molecule has 4 aromatic heterocycles. The molecule has 0 atom stereocenters. The van der Waals surface area contributed by atoms with E-state index in [-0.39, 0.29) is 11.8 Å². The zero-order chi connectivity index (χ0) is 20.8. The molecule has 0 amide bonds. The molecule has 0 bridgehead atoms. The lowest BCUT2D eigenvalue weighted by molar-refractivity contribution is -0.177. The predicted molar refractivity (Wildman–Crippen MR) is 115 cm³/mol. The Labute approximate surface area is 178 Å².